The second-order valence-electron chi connectivity index (χ2n) is 5.68. The summed E-state index contributed by atoms with van der Waals surface area (Å²) >= 11 is 0. The fraction of sp³-hybridized carbons (Fsp3) is 0.333. The zero-order valence-electron chi connectivity index (χ0n) is 12.9. The van der Waals surface area contributed by atoms with Crippen LogP contribution in [-0.4, -0.2) is 12.1 Å². The summed E-state index contributed by atoms with van der Waals surface area (Å²) in [4.78, 5) is 2.31. The van der Waals surface area contributed by atoms with Gasteiger partial charge in [0.05, 0.1) is 23.3 Å². The van der Waals surface area contributed by atoms with E-state index in [2.05, 4.69) is 44.7 Å². The number of benzene rings is 2. The van der Waals surface area contributed by atoms with Crippen LogP contribution in [-0.2, 0) is 0 Å². The van der Waals surface area contributed by atoms with E-state index in [-0.39, 0.29) is 0 Å². The lowest BCUT2D eigenvalue weighted by Gasteiger charge is -2.34. The third kappa shape index (κ3) is 2.56. The smallest absolute Gasteiger partial charge is 0.0998 e. The van der Waals surface area contributed by atoms with Crippen molar-refractivity contribution in [1.29, 1.82) is 10.5 Å². The zero-order valence-corrected chi connectivity index (χ0v) is 12.9. The molecule has 0 aliphatic rings. The Bertz CT molecular complexity index is 717. The Morgan fingerprint density at radius 2 is 1.43 bits per heavy atom. The Morgan fingerprint density at radius 1 is 0.857 bits per heavy atom. The van der Waals surface area contributed by atoms with Crippen molar-refractivity contribution in [3.05, 3.63) is 41.5 Å². The summed E-state index contributed by atoms with van der Waals surface area (Å²) in [5.41, 5.74) is 2.18. The highest BCUT2D eigenvalue weighted by Crippen LogP contribution is 2.33. The molecule has 0 unspecified atom stereocenters. The molecule has 0 aromatic heterocycles. The van der Waals surface area contributed by atoms with Crippen LogP contribution in [0, 0.1) is 22.7 Å². The van der Waals surface area contributed by atoms with Crippen LogP contribution in [0.15, 0.2) is 30.3 Å². The monoisotopic (exact) mass is 277 g/mol. The van der Waals surface area contributed by atoms with Crippen LogP contribution in [0.5, 0.6) is 0 Å². The van der Waals surface area contributed by atoms with Gasteiger partial charge >= 0.3 is 0 Å². The molecule has 0 atom stereocenters. The standard InChI is InChI=1S/C18H19N3/c1-12(2)21(13(3)4)17-9-8-15(11-20)18-14(10-19)6-5-7-16(17)18/h5-9,12-13H,1-4H3. The van der Waals surface area contributed by atoms with E-state index in [1.807, 2.05) is 24.3 Å². The fourth-order valence-corrected chi connectivity index (χ4v) is 2.96. The molecule has 2 rings (SSSR count). The molecule has 3 nitrogen and oxygen atoms in total. The highest BCUT2D eigenvalue weighted by atomic mass is 15.2. The molecular formula is C18H19N3. The van der Waals surface area contributed by atoms with Crippen LogP contribution >= 0.6 is 0 Å². The van der Waals surface area contributed by atoms with Crippen molar-refractivity contribution in [1.82, 2.24) is 0 Å². The van der Waals surface area contributed by atoms with Crippen molar-refractivity contribution < 1.29 is 0 Å². The molecule has 2 aromatic carbocycles. The Labute approximate surface area is 126 Å². The minimum absolute atomic E-state index is 0.340. The van der Waals surface area contributed by atoms with Crippen LogP contribution in [0.2, 0.25) is 0 Å². The van der Waals surface area contributed by atoms with Gasteiger partial charge in [0.25, 0.3) is 0 Å². The summed E-state index contributed by atoms with van der Waals surface area (Å²) in [7, 11) is 0. The van der Waals surface area contributed by atoms with Crippen LogP contribution in [0.3, 0.4) is 0 Å². The molecular weight excluding hydrogens is 258 g/mol. The maximum Gasteiger partial charge on any atom is 0.0998 e. The average Bonchev–Trinajstić information content (AvgIpc) is 2.46. The first-order chi connectivity index (χ1) is 10.0. The maximum atomic E-state index is 9.33. The molecule has 0 heterocycles. The largest absolute Gasteiger partial charge is 0.366 e. The van der Waals surface area contributed by atoms with Crippen LogP contribution in [0.25, 0.3) is 10.8 Å². The Balaban J connectivity index is 2.85. The quantitative estimate of drug-likeness (QED) is 0.844. The minimum Gasteiger partial charge on any atom is -0.366 e. The molecule has 0 fully saturated rings. The van der Waals surface area contributed by atoms with Crippen LogP contribution < -0.4 is 4.90 Å². The molecule has 0 bridgehead atoms. The molecule has 0 saturated heterocycles. The van der Waals surface area contributed by atoms with E-state index in [4.69, 9.17) is 0 Å². The fourth-order valence-electron chi connectivity index (χ4n) is 2.96. The lowest BCUT2D eigenvalue weighted by molar-refractivity contribution is 0.610. The Hall–Kier alpha value is -2.52. The second kappa shape index (κ2) is 5.85. The molecule has 0 amide bonds. The van der Waals surface area contributed by atoms with Gasteiger partial charge in [-0.15, -0.1) is 0 Å². The molecule has 0 aliphatic heterocycles. The van der Waals surface area contributed by atoms with Gasteiger partial charge in [0.15, 0.2) is 0 Å². The molecule has 0 spiro atoms. The molecule has 0 N–H and O–H groups in total. The van der Waals surface area contributed by atoms with Gasteiger partial charge in [-0.3, -0.25) is 0 Å². The maximum absolute atomic E-state index is 9.33. The van der Waals surface area contributed by atoms with E-state index >= 15 is 0 Å². The van der Waals surface area contributed by atoms with Crippen molar-refractivity contribution >= 4 is 16.5 Å². The molecule has 0 aliphatic carbocycles. The van der Waals surface area contributed by atoms with E-state index in [0.29, 0.717) is 23.2 Å². The van der Waals surface area contributed by atoms with Crippen molar-refractivity contribution in [3.8, 4) is 12.1 Å². The second-order valence-corrected chi connectivity index (χ2v) is 5.68. The Morgan fingerprint density at radius 3 is 1.95 bits per heavy atom. The SMILES string of the molecule is CC(C)N(c1ccc(C#N)c2c(C#N)cccc12)C(C)C. The van der Waals surface area contributed by atoms with Gasteiger partial charge in [-0.1, -0.05) is 12.1 Å². The van der Waals surface area contributed by atoms with E-state index in [9.17, 15) is 10.5 Å². The van der Waals surface area contributed by atoms with E-state index < -0.39 is 0 Å². The number of anilines is 1. The molecule has 2 aromatic rings. The summed E-state index contributed by atoms with van der Waals surface area (Å²) in [5.74, 6) is 0. The van der Waals surface area contributed by atoms with Crippen molar-refractivity contribution in [2.45, 2.75) is 39.8 Å². The lowest BCUT2D eigenvalue weighted by atomic mass is 9.97. The van der Waals surface area contributed by atoms with Gasteiger partial charge in [-0.25, -0.2) is 0 Å². The van der Waals surface area contributed by atoms with Gasteiger partial charge in [-0.05, 0) is 45.9 Å². The third-order valence-electron chi connectivity index (χ3n) is 3.65. The van der Waals surface area contributed by atoms with Gasteiger partial charge in [-0.2, -0.15) is 10.5 Å². The topological polar surface area (TPSA) is 50.8 Å². The van der Waals surface area contributed by atoms with Gasteiger partial charge in [0.1, 0.15) is 0 Å². The zero-order chi connectivity index (χ0) is 15.6. The summed E-state index contributed by atoms with van der Waals surface area (Å²) in [5, 5.41) is 20.4. The number of nitrogens with zero attached hydrogens (tertiary/aromatic N) is 3. The molecule has 0 saturated carbocycles. The lowest BCUT2D eigenvalue weighted by Crippen LogP contribution is -2.37. The highest BCUT2D eigenvalue weighted by Gasteiger charge is 2.19. The predicted octanol–water partition coefficient (Wildman–Crippen LogP) is 4.21. The normalized spacial score (nSPS) is 10.7. The van der Waals surface area contributed by atoms with Crippen molar-refractivity contribution in [2.75, 3.05) is 4.90 Å². The molecule has 3 heteroatoms. The summed E-state index contributed by atoms with van der Waals surface area (Å²) in [6, 6.07) is 14.5. The number of nitriles is 2. The first-order valence-corrected chi connectivity index (χ1v) is 7.15. The van der Waals surface area contributed by atoms with Gasteiger partial charge < -0.3 is 4.90 Å². The van der Waals surface area contributed by atoms with Crippen LogP contribution in [0.4, 0.5) is 5.69 Å². The van der Waals surface area contributed by atoms with Crippen molar-refractivity contribution in [2.24, 2.45) is 0 Å². The number of hydrogen-bond donors (Lipinski definition) is 0. The highest BCUT2D eigenvalue weighted by molar-refractivity contribution is 6.01. The van der Waals surface area contributed by atoms with E-state index in [1.165, 1.54) is 0 Å². The molecule has 0 radical (unpaired) electrons. The van der Waals surface area contributed by atoms with E-state index in [0.717, 1.165) is 16.5 Å². The first-order valence-electron chi connectivity index (χ1n) is 7.15. The van der Waals surface area contributed by atoms with Crippen LogP contribution in [0.1, 0.15) is 38.8 Å². The summed E-state index contributed by atoms with van der Waals surface area (Å²) in [6.45, 7) is 8.60. The molecule has 106 valence electrons. The summed E-state index contributed by atoms with van der Waals surface area (Å²) < 4.78 is 0. The number of fused-ring (bicyclic) bond motifs is 1. The van der Waals surface area contributed by atoms with E-state index in [1.54, 1.807) is 6.07 Å². The first kappa shape index (κ1) is 14.9. The number of hydrogen-bond acceptors (Lipinski definition) is 3. The predicted molar refractivity (Wildman–Crippen MR) is 86.1 cm³/mol. The average molecular weight is 277 g/mol. The third-order valence-corrected chi connectivity index (χ3v) is 3.65. The number of rotatable bonds is 3. The summed E-state index contributed by atoms with van der Waals surface area (Å²) in [6.07, 6.45) is 0. The Kier molecular flexibility index (Phi) is 4.15. The van der Waals surface area contributed by atoms with Crippen molar-refractivity contribution in [3.63, 3.8) is 0 Å². The van der Waals surface area contributed by atoms with Gasteiger partial charge in [0.2, 0.25) is 0 Å². The van der Waals surface area contributed by atoms with Gasteiger partial charge in [0, 0.05) is 28.5 Å². The molecule has 21 heavy (non-hydrogen) atoms. The minimum atomic E-state index is 0.340.